The Morgan fingerprint density at radius 3 is 2.25 bits per heavy atom. The number of rotatable bonds is 4. The Balaban J connectivity index is 1.23. The van der Waals surface area contributed by atoms with Gasteiger partial charge in [0.1, 0.15) is 0 Å². The normalized spacial score (nSPS) is 18.4. The molecule has 28 heavy (non-hydrogen) atoms. The number of amides is 1. The van der Waals surface area contributed by atoms with Crippen molar-refractivity contribution in [3.8, 4) is 0 Å². The predicted octanol–water partition coefficient (Wildman–Crippen LogP) is 1.26. The number of carbonyl (C=O) groups is 1. The standard InChI is InChI=1S/C21H28N6O/c1-18-4-2-5-19(16-18)25-10-8-24(9-11-25)17-20(28)26-12-14-27(15-13-26)21-22-6-3-7-23-21/h2-7,16H,8-15,17H2,1H3. The van der Waals surface area contributed by atoms with Gasteiger partial charge in [0.2, 0.25) is 11.9 Å². The van der Waals surface area contributed by atoms with Crippen LogP contribution in [0.4, 0.5) is 11.6 Å². The molecule has 0 N–H and O–H groups in total. The van der Waals surface area contributed by atoms with E-state index in [-0.39, 0.29) is 5.91 Å². The molecule has 0 aliphatic carbocycles. The van der Waals surface area contributed by atoms with Gasteiger partial charge in [0.05, 0.1) is 6.54 Å². The van der Waals surface area contributed by atoms with Crippen LogP contribution in [0.3, 0.4) is 0 Å². The van der Waals surface area contributed by atoms with Gasteiger partial charge in [0.15, 0.2) is 0 Å². The first kappa shape index (κ1) is 18.7. The molecule has 2 aromatic rings. The van der Waals surface area contributed by atoms with Crippen molar-refractivity contribution in [2.45, 2.75) is 6.92 Å². The zero-order valence-corrected chi connectivity index (χ0v) is 16.5. The van der Waals surface area contributed by atoms with E-state index < -0.39 is 0 Å². The summed E-state index contributed by atoms with van der Waals surface area (Å²) in [5.41, 5.74) is 2.57. The minimum Gasteiger partial charge on any atom is -0.369 e. The van der Waals surface area contributed by atoms with Crippen molar-refractivity contribution in [3.05, 3.63) is 48.3 Å². The lowest BCUT2D eigenvalue weighted by atomic mass is 10.2. The Bertz CT molecular complexity index is 782. The number of nitrogens with zero attached hydrogens (tertiary/aromatic N) is 6. The average Bonchev–Trinajstić information content (AvgIpc) is 2.75. The zero-order valence-electron chi connectivity index (χ0n) is 16.5. The lowest BCUT2D eigenvalue weighted by molar-refractivity contribution is -0.132. The van der Waals surface area contributed by atoms with Gasteiger partial charge in [-0.3, -0.25) is 9.69 Å². The molecule has 7 heteroatoms. The summed E-state index contributed by atoms with van der Waals surface area (Å²) in [4.78, 5) is 30.1. The quantitative estimate of drug-likeness (QED) is 0.796. The van der Waals surface area contributed by atoms with Crippen LogP contribution in [0.5, 0.6) is 0 Å². The number of carbonyl (C=O) groups excluding carboxylic acids is 1. The van der Waals surface area contributed by atoms with E-state index in [0.29, 0.717) is 6.54 Å². The molecule has 2 saturated heterocycles. The second-order valence-electron chi connectivity index (χ2n) is 7.52. The maximum Gasteiger partial charge on any atom is 0.236 e. The van der Waals surface area contributed by atoms with Crippen molar-refractivity contribution in [3.63, 3.8) is 0 Å². The molecule has 2 aliphatic rings. The van der Waals surface area contributed by atoms with Gasteiger partial charge in [-0.15, -0.1) is 0 Å². The first-order valence-corrected chi connectivity index (χ1v) is 10.0. The molecule has 1 amide bonds. The highest BCUT2D eigenvalue weighted by molar-refractivity contribution is 5.78. The Morgan fingerprint density at radius 1 is 0.893 bits per heavy atom. The van der Waals surface area contributed by atoms with Gasteiger partial charge >= 0.3 is 0 Å². The van der Waals surface area contributed by atoms with E-state index in [1.165, 1.54) is 11.3 Å². The summed E-state index contributed by atoms with van der Waals surface area (Å²) in [5.74, 6) is 0.986. The molecule has 0 radical (unpaired) electrons. The minimum atomic E-state index is 0.234. The van der Waals surface area contributed by atoms with Crippen molar-refractivity contribution < 1.29 is 4.79 Å². The Morgan fingerprint density at radius 2 is 1.57 bits per heavy atom. The third-order valence-corrected chi connectivity index (χ3v) is 5.57. The van der Waals surface area contributed by atoms with Crippen LogP contribution in [0.25, 0.3) is 0 Å². The molecule has 0 bridgehead atoms. The number of hydrogen-bond donors (Lipinski definition) is 0. The van der Waals surface area contributed by atoms with E-state index in [1.54, 1.807) is 12.4 Å². The topological polar surface area (TPSA) is 55.8 Å². The Hall–Kier alpha value is -2.67. The second-order valence-corrected chi connectivity index (χ2v) is 7.52. The van der Waals surface area contributed by atoms with E-state index in [0.717, 1.165) is 58.3 Å². The maximum absolute atomic E-state index is 12.7. The van der Waals surface area contributed by atoms with E-state index in [2.05, 4.69) is 55.9 Å². The van der Waals surface area contributed by atoms with Gasteiger partial charge in [-0.1, -0.05) is 12.1 Å². The van der Waals surface area contributed by atoms with Gasteiger partial charge in [0.25, 0.3) is 0 Å². The van der Waals surface area contributed by atoms with Crippen molar-refractivity contribution in [2.75, 3.05) is 68.7 Å². The van der Waals surface area contributed by atoms with Crippen LogP contribution in [0.15, 0.2) is 42.7 Å². The number of hydrogen-bond acceptors (Lipinski definition) is 6. The summed E-state index contributed by atoms with van der Waals surface area (Å²) in [6.07, 6.45) is 3.52. The molecule has 0 atom stereocenters. The number of aryl methyl sites for hydroxylation is 1. The average molecular weight is 380 g/mol. The molecule has 0 unspecified atom stereocenters. The fraction of sp³-hybridized carbons (Fsp3) is 0.476. The van der Waals surface area contributed by atoms with E-state index >= 15 is 0 Å². The molecular weight excluding hydrogens is 352 g/mol. The van der Waals surface area contributed by atoms with Crippen LogP contribution in [0.1, 0.15) is 5.56 Å². The third kappa shape index (κ3) is 4.42. The molecule has 3 heterocycles. The molecule has 4 rings (SSSR count). The first-order chi connectivity index (χ1) is 13.7. The van der Waals surface area contributed by atoms with Gasteiger partial charge < -0.3 is 14.7 Å². The van der Waals surface area contributed by atoms with E-state index in [9.17, 15) is 4.79 Å². The van der Waals surface area contributed by atoms with Crippen molar-refractivity contribution in [1.29, 1.82) is 0 Å². The Kier molecular flexibility index (Phi) is 5.71. The summed E-state index contributed by atoms with van der Waals surface area (Å²) in [7, 11) is 0. The van der Waals surface area contributed by atoms with Crippen molar-refractivity contribution >= 4 is 17.5 Å². The first-order valence-electron chi connectivity index (χ1n) is 10.0. The predicted molar refractivity (Wildman–Crippen MR) is 111 cm³/mol. The molecule has 0 saturated carbocycles. The lowest BCUT2D eigenvalue weighted by Crippen LogP contribution is -2.54. The smallest absolute Gasteiger partial charge is 0.236 e. The molecule has 0 spiro atoms. The second kappa shape index (κ2) is 8.56. The van der Waals surface area contributed by atoms with Crippen LogP contribution >= 0.6 is 0 Å². The fourth-order valence-electron chi connectivity index (χ4n) is 3.89. The van der Waals surface area contributed by atoms with Crippen molar-refractivity contribution in [1.82, 2.24) is 19.8 Å². The van der Waals surface area contributed by atoms with Crippen LogP contribution in [-0.4, -0.2) is 84.6 Å². The van der Waals surface area contributed by atoms with Crippen LogP contribution < -0.4 is 9.80 Å². The highest BCUT2D eigenvalue weighted by Crippen LogP contribution is 2.18. The molecule has 148 valence electrons. The largest absolute Gasteiger partial charge is 0.369 e. The fourth-order valence-corrected chi connectivity index (χ4v) is 3.89. The number of aromatic nitrogens is 2. The summed E-state index contributed by atoms with van der Waals surface area (Å²) in [6.45, 7) is 9.49. The van der Waals surface area contributed by atoms with Crippen molar-refractivity contribution in [2.24, 2.45) is 0 Å². The third-order valence-electron chi connectivity index (χ3n) is 5.57. The van der Waals surface area contributed by atoms with Gasteiger partial charge in [-0.05, 0) is 30.7 Å². The molecule has 2 fully saturated rings. The number of anilines is 2. The molecule has 2 aliphatic heterocycles. The van der Waals surface area contributed by atoms with Crippen LogP contribution in [0, 0.1) is 6.92 Å². The summed E-state index contributed by atoms with van der Waals surface area (Å²) in [5, 5.41) is 0. The summed E-state index contributed by atoms with van der Waals surface area (Å²) in [6, 6.07) is 10.5. The van der Waals surface area contributed by atoms with E-state index in [4.69, 9.17) is 0 Å². The van der Waals surface area contributed by atoms with Gasteiger partial charge in [-0.25, -0.2) is 9.97 Å². The summed E-state index contributed by atoms with van der Waals surface area (Å²) < 4.78 is 0. The Labute approximate surface area is 166 Å². The minimum absolute atomic E-state index is 0.234. The monoisotopic (exact) mass is 380 g/mol. The van der Waals surface area contributed by atoms with Gasteiger partial charge in [0, 0.05) is 70.4 Å². The maximum atomic E-state index is 12.7. The number of benzene rings is 1. The number of piperazine rings is 2. The molecular formula is C21H28N6O. The van der Waals surface area contributed by atoms with Crippen LogP contribution in [-0.2, 0) is 4.79 Å². The molecule has 1 aromatic carbocycles. The highest BCUT2D eigenvalue weighted by atomic mass is 16.2. The highest BCUT2D eigenvalue weighted by Gasteiger charge is 2.25. The SMILES string of the molecule is Cc1cccc(N2CCN(CC(=O)N3CCN(c4ncccn4)CC3)CC2)c1. The molecule has 1 aromatic heterocycles. The van der Waals surface area contributed by atoms with E-state index in [1.807, 2.05) is 11.0 Å². The zero-order chi connectivity index (χ0) is 19.3. The summed E-state index contributed by atoms with van der Waals surface area (Å²) >= 11 is 0. The molecule has 7 nitrogen and oxygen atoms in total. The van der Waals surface area contributed by atoms with Gasteiger partial charge in [-0.2, -0.15) is 0 Å². The lowest BCUT2D eigenvalue weighted by Gasteiger charge is -2.38. The van der Waals surface area contributed by atoms with Crippen LogP contribution in [0.2, 0.25) is 0 Å².